The molecule has 0 saturated carbocycles. The van der Waals surface area contributed by atoms with Gasteiger partial charge in [-0.2, -0.15) is 13.2 Å². The lowest BCUT2D eigenvalue weighted by Crippen LogP contribution is -2.34. The maximum Gasteiger partial charge on any atom is 0.390 e. The highest BCUT2D eigenvalue weighted by molar-refractivity contribution is 5.79. The molecule has 3 heterocycles. The molecule has 172 valence electrons. The zero-order chi connectivity index (χ0) is 24.1. The largest absolute Gasteiger partial charge is 0.390 e. The van der Waals surface area contributed by atoms with Crippen molar-refractivity contribution in [1.82, 2.24) is 24.2 Å². The van der Waals surface area contributed by atoms with Crippen molar-refractivity contribution in [3.8, 4) is 11.3 Å². The van der Waals surface area contributed by atoms with Gasteiger partial charge in [0.2, 0.25) is 5.62 Å². The van der Waals surface area contributed by atoms with Crippen LogP contribution < -0.4 is 16.5 Å². The van der Waals surface area contributed by atoms with Crippen molar-refractivity contribution in [2.75, 3.05) is 0 Å². The van der Waals surface area contributed by atoms with Gasteiger partial charge in [-0.15, -0.1) is 5.10 Å². The Hall–Kier alpha value is -3.80. The number of aryl methyl sites for hydroxylation is 1. The van der Waals surface area contributed by atoms with Gasteiger partial charge in [0.25, 0.3) is 0 Å². The molecule has 4 rings (SSSR count). The Morgan fingerprint density at radius 3 is 2.27 bits per heavy atom. The van der Waals surface area contributed by atoms with Crippen LogP contribution in [0, 0.1) is 11.2 Å². The van der Waals surface area contributed by atoms with E-state index >= 15 is 0 Å². The molecule has 0 bridgehead atoms. The molecule has 0 aliphatic carbocycles. The molecular weight excluding hydrogens is 444 g/mol. The first-order chi connectivity index (χ1) is 15.5. The van der Waals surface area contributed by atoms with Crippen LogP contribution >= 0.6 is 0 Å². The third-order valence-corrected chi connectivity index (χ3v) is 5.14. The second-order valence-corrected chi connectivity index (χ2v) is 7.53. The first kappa shape index (κ1) is 22.4. The summed E-state index contributed by atoms with van der Waals surface area (Å²) in [5.41, 5.74) is 0.393. The number of hydrogen-bond donors (Lipinski definition) is 2. The number of allylic oxidation sites excluding steroid dienone is 4. The maximum atomic E-state index is 13.5. The molecule has 2 N–H and O–H groups in total. The summed E-state index contributed by atoms with van der Waals surface area (Å²) in [6.45, 7) is 2.54. The Labute approximate surface area is 183 Å². The Balaban J connectivity index is 2.12. The third kappa shape index (κ3) is 4.16. The van der Waals surface area contributed by atoms with Gasteiger partial charge in [-0.1, -0.05) is 0 Å². The average molecular weight is 462 g/mol. The number of nitrogens with zero attached hydrogens (tertiary/aromatic N) is 5. The Kier molecular flexibility index (Phi) is 5.40. The second-order valence-electron chi connectivity index (χ2n) is 7.53. The van der Waals surface area contributed by atoms with E-state index in [9.17, 15) is 27.6 Å². The maximum absolute atomic E-state index is 13.5. The van der Waals surface area contributed by atoms with Gasteiger partial charge in [-0.3, -0.25) is 10.6 Å². The molecule has 1 aliphatic heterocycles. The van der Waals surface area contributed by atoms with E-state index < -0.39 is 36.3 Å². The molecule has 0 unspecified atom stereocenters. The smallest absolute Gasteiger partial charge is 0.284 e. The fraction of sp³-hybridized carbons (Fsp3) is 0.238. The van der Waals surface area contributed by atoms with E-state index in [0.29, 0.717) is 27.2 Å². The number of halogens is 4. The van der Waals surface area contributed by atoms with E-state index in [1.54, 1.807) is 26.0 Å². The van der Waals surface area contributed by atoms with Crippen molar-refractivity contribution in [3.05, 3.63) is 74.9 Å². The van der Waals surface area contributed by atoms with E-state index in [2.05, 4.69) is 10.1 Å². The zero-order valence-corrected chi connectivity index (χ0v) is 17.5. The molecule has 3 aromatic rings. The fourth-order valence-corrected chi connectivity index (χ4v) is 3.58. The minimum absolute atomic E-state index is 0.0732. The zero-order valence-electron chi connectivity index (χ0n) is 17.5. The lowest BCUT2D eigenvalue weighted by Gasteiger charge is -2.22. The van der Waals surface area contributed by atoms with Crippen LogP contribution in [0.25, 0.3) is 22.5 Å². The Morgan fingerprint density at radius 2 is 1.70 bits per heavy atom. The van der Waals surface area contributed by atoms with Gasteiger partial charge in [0, 0.05) is 17.0 Å². The Bertz CT molecular complexity index is 1460. The van der Waals surface area contributed by atoms with Crippen LogP contribution in [0.15, 0.2) is 52.6 Å². The molecule has 33 heavy (non-hydrogen) atoms. The average Bonchev–Trinajstić information content (AvgIpc) is 3.07. The molecule has 1 aromatic carbocycles. The molecule has 2 aromatic heterocycles. The third-order valence-electron chi connectivity index (χ3n) is 5.14. The number of aromatic nitrogens is 4. The topological polar surface area (TPSA) is 99.5 Å². The van der Waals surface area contributed by atoms with Gasteiger partial charge in [-0.25, -0.2) is 28.3 Å². The highest BCUT2D eigenvalue weighted by atomic mass is 19.4. The molecule has 0 amide bonds. The first-order valence-electron chi connectivity index (χ1n) is 9.77. The highest BCUT2D eigenvalue weighted by Gasteiger charge is 2.28. The number of benzene rings is 1. The van der Waals surface area contributed by atoms with Crippen LogP contribution in [-0.2, 0) is 6.54 Å². The van der Waals surface area contributed by atoms with E-state index in [1.165, 1.54) is 24.3 Å². The molecule has 8 nitrogen and oxygen atoms in total. The van der Waals surface area contributed by atoms with Crippen molar-refractivity contribution in [2.24, 2.45) is 0 Å². The number of hydrogen-bond acceptors (Lipinski definition) is 6. The Morgan fingerprint density at radius 1 is 1.09 bits per heavy atom. The quantitative estimate of drug-likeness (QED) is 0.583. The summed E-state index contributed by atoms with van der Waals surface area (Å²) in [4.78, 5) is 17.0. The summed E-state index contributed by atoms with van der Waals surface area (Å²) in [6, 6.07) is 5.27. The minimum atomic E-state index is -4.50. The molecule has 0 saturated heterocycles. The van der Waals surface area contributed by atoms with E-state index in [0.717, 1.165) is 9.46 Å². The molecule has 0 atom stereocenters. The predicted molar refractivity (Wildman–Crippen MR) is 109 cm³/mol. The fourth-order valence-electron chi connectivity index (χ4n) is 3.58. The van der Waals surface area contributed by atoms with Crippen LogP contribution in [0.4, 0.5) is 17.6 Å². The van der Waals surface area contributed by atoms with Gasteiger partial charge >= 0.3 is 11.9 Å². The van der Waals surface area contributed by atoms with Crippen molar-refractivity contribution >= 4 is 11.2 Å². The number of alkyl halides is 3. The summed E-state index contributed by atoms with van der Waals surface area (Å²) in [6.07, 6.45) is -2.60. The molecule has 12 heteroatoms. The first-order valence-corrected chi connectivity index (χ1v) is 9.77. The molecule has 0 spiro atoms. The van der Waals surface area contributed by atoms with E-state index in [-0.39, 0.29) is 16.6 Å². The SMILES string of the molecule is CC1=CC(=c2c(-c3ccc(F)cc3)nc(=N)n3c(=O)n(CCC(F)(F)F)nc23)C=C(C)N1O. The summed E-state index contributed by atoms with van der Waals surface area (Å²) in [5.74, 6) is -0.493. The van der Waals surface area contributed by atoms with Crippen LogP contribution in [0.3, 0.4) is 0 Å². The van der Waals surface area contributed by atoms with Gasteiger partial charge in [0.1, 0.15) is 5.82 Å². The summed E-state index contributed by atoms with van der Waals surface area (Å²) in [7, 11) is 0. The standard InChI is InChI=1S/C21H18F4N6O2/c1-11-9-14(10-12(2)31(11)33)16-17(13-3-5-15(22)6-4-13)27-19(26)30-18(16)28-29(20(30)32)8-7-21(23,24)25/h3-6,9-10,26,33H,7-8H2,1-2H3. The number of fused-ring (bicyclic) bond motifs is 1. The molecular formula is C21H18F4N6O2. The summed E-state index contributed by atoms with van der Waals surface area (Å²) >= 11 is 0. The van der Waals surface area contributed by atoms with Crippen molar-refractivity contribution in [1.29, 1.82) is 5.41 Å². The van der Waals surface area contributed by atoms with Crippen LogP contribution in [0.1, 0.15) is 20.3 Å². The van der Waals surface area contributed by atoms with Crippen LogP contribution in [0.2, 0.25) is 0 Å². The lowest BCUT2D eigenvalue weighted by atomic mass is 10.0. The van der Waals surface area contributed by atoms with E-state index in [4.69, 9.17) is 5.41 Å². The normalized spacial score (nSPS) is 14.6. The van der Waals surface area contributed by atoms with Crippen molar-refractivity contribution in [2.45, 2.75) is 33.0 Å². The van der Waals surface area contributed by atoms with Gasteiger partial charge < -0.3 is 0 Å². The van der Waals surface area contributed by atoms with E-state index in [1.807, 2.05) is 0 Å². The molecule has 0 radical (unpaired) electrons. The highest BCUT2D eigenvalue weighted by Crippen LogP contribution is 2.23. The van der Waals surface area contributed by atoms with Gasteiger partial charge in [0.15, 0.2) is 5.65 Å². The molecule has 1 aliphatic rings. The molecule has 0 fully saturated rings. The number of nitrogens with one attached hydrogen (secondary N) is 1. The van der Waals surface area contributed by atoms with Crippen LogP contribution in [-0.4, -0.2) is 35.6 Å². The predicted octanol–water partition coefficient (Wildman–Crippen LogP) is 2.51. The lowest BCUT2D eigenvalue weighted by molar-refractivity contribution is -0.137. The number of hydroxylamine groups is 2. The van der Waals surface area contributed by atoms with Gasteiger partial charge in [-0.05, 0) is 55.8 Å². The summed E-state index contributed by atoms with van der Waals surface area (Å²) < 4.78 is 53.2. The van der Waals surface area contributed by atoms with Gasteiger partial charge in [0.05, 0.1) is 23.9 Å². The minimum Gasteiger partial charge on any atom is -0.284 e. The van der Waals surface area contributed by atoms with Crippen LogP contribution in [0.5, 0.6) is 0 Å². The van der Waals surface area contributed by atoms with Crippen molar-refractivity contribution in [3.63, 3.8) is 0 Å². The number of rotatable bonds is 3. The second kappa shape index (κ2) is 7.96. The summed E-state index contributed by atoms with van der Waals surface area (Å²) in [5, 5.41) is 23.6. The van der Waals surface area contributed by atoms with Crippen molar-refractivity contribution < 1.29 is 22.8 Å². The monoisotopic (exact) mass is 462 g/mol.